The predicted octanol–water partition coefficient (Wildman–Crippen LogP) is 6.63. The number of hydrogen-bond donors (Lipinski definition) is 1. The quantitative estimate of drug-likeness (QED) is 0.345. The molecule has 1 amide bonds. The van der Waals surface area contributed by atoms with Crippen LogP contribution in [-0.2, 0) is 4.79 Å². The molecular weight excluding hydrogens is 513 g/mol. The van der Waals surface area contributed by atoms with Gasteiger partial charge < -0.3 is 14.5 Å². The number of carbonyl (C=O) groups is 1. The highest BCUT2D eigenvalue weighted by molar-refractivity contribution is 9.10. The molecule has 0 aliphatic heterocycles. The van der Waals surface area contributed by atoms with Crippen molar-refractivity contribution in [3.63, 3.8) is 0 Å². The number of hydrogen-bond acceptors (Lipinski definition) is 6. The van der Waals surface area contributed by atoms with Crippen molar-refractivity contribution in [1.29, 1.82) is 0 Å². The molecule has 3 rings (SSSR count). The highest BCUT2D eigenvalue weighted by atomic mass is 79.9. The van der Waals surface area contributed by atoms with E-state index in [1.54, 1.807) is 25.1 Å². The summed E-state index contributed by atoms with van der Waals surface area (Å²) in [6.07, 6.45) is -0.522. The van der Waals surface area contributed by atoms with E-state index in [1.165, 1.54) is 0 Å². The van der Waals surface area contributed by atoms with Crippen LogP contribution in [0.1, 0.15) is 30.0 Å². The average Bonchev–Trinajstić information content (AvgIpc) is 3.16. The van der Waals surface area contributed by atoms with Crippen LogP contribution in [0.15, 0.2) is 44.4 Å². The lowest BCUT2D eigenvalue weighted by molar-refractivity contribution is -0.113. The molecule has 0 spiro atoms. The Labute approximate surface area is 196 Å². The first-order valence-electron chi connectivity index (χ1n) is 8.87. The zero-order chi connectivity index (χ0) is 21.8. The normalized spacial score (nSPS) is 11.9. The number of benzene rings is 2. The second-order valence-electron chi connectivity index (χ2n) is 6.49. The van der Waals surface area contributed by atoms with E-state index in [-0.39, 0.29) is 22.8 Å². The smallest absolute Gasteiger partial charge is 0.277 e. The van der Waals surface area contributed by atoms with Gasteiger partial charge in [0.25, 0.3) is 11.1 Å². The number of aryl methyl sites for hydroxylation is 2. The van der Waals surface area contributed by atoms with Gasteiger partial charge in [0.05, 0.1) is 16.5 Å². The Balaban J connectivity index is 1.56. The lowest BCUT2D eigenvalue weighted by Crippen LogP contribution is -2.14. The fraction of sp³-hybridized carbons (Fsp3) is 0.250. The van der Waals surface area contributed by atoms with Gasteiger partial charge in [-0.3, -0.25) is 4.79 Å². The van der Waals surface area contributed by atoms with Gasteiger partial charge in [-0.15, -0.1) is 10.2 Å². The van der Waals surface area contributed by atoms with Crippen molar-refractivity contribution in [2.24, 2.45) is 0 Å². The standard InChI is InChI=1S/C20H18BrCl2N3O3S/c1-10-6-14(21)16(7-11(10)2)24-18(27)9-30-20-26-25-19(29-20)12(3)28-17-5-4-13(22)8-15(17)23/h4-8,12H,9H2,1-3H3,(H,24,27)/t12-/m0/s1. The molecule has 0 aliphatic carbocycles. The van der Waals surface area contributed by atoms with E-state index in [9.17, 15) is 4.79 Å². The Morgan fingerprint density at radius 3 is 2.70 bits per heavy atom. The molecule has 1 atom stereocenters. The molecular formula is C20H18BrCl2N3O3S. The van der Waals surface area contributed by atoms with Crippen molar-refractivity contribution in [2.75, 3.05) is 11.1 Å². The van der Waals surface area contributed by atoms with Gasteiger partial charge >= 0.3 is 0 Å². The molecule has 0 saturated carbocycles. The number of thioether (sulfide) groups is 1. The van der Waals surface area contributed by atoms with Crippen LogP contribution in [0.3, 0.4) is 0 Å². The van der Waals surface area contributed by atoms with Crippen LogP contribution in [0.5, 0.6) is 5.75 Å². The third-order valence-electron chi connectivity index (χ3n) is 4.15. The van der Waals surface area contributed by atoms with Gasteiger partial charge in [-0.05, 0) is 78.2 Å². The van der Waals surface area contributed by atoms with Gasteiger partial charge in [0.15, 0.2) is 6.10 Å². The van der Waals surface area contributed by atoms with Crippen molar-refractivity contribution in [1.82, 2.24) is 10.2 Å². The van der Waals surface area contributed by atoms with Gasteiger partial charge in [-0.1, -0.05) is 35.0 Å². The maximum absolute atomic E-state index is 12.3. The number of ether oxygens (including phenoxy) is 1. The van der Waals surface area contributed by atoms with E-state index < -0.39 is 6.10 Å². The van der Waals surface area contributed by atoms with Crippen LogP contribution in [0.4, 0.5) is 5.69 Å². The maximum atomic E-state index is 12.3. The summed E-state index contributed by atoms with van der Waals surface area (Å²) < 4.78 is 12.2. The summed E-state index contributed by atoms with van der Waals surface area (Å²) in [6.45, 7) is 5.77. The highest BCUT2D eigenvalue weighted by Gasteiger charge is 2.18. The van der Waals surface area contributed by atoms with Crippen LogP contribution in [0.25, 0.3) is 0 Å². The van der Waals surface area contributed by atoms with Crippen molar-refractivity contribution < 1.29 is 13.9 Å². The van der Waals surface area contributed by atoms with E-state index >= 15 is 0 Å². The number of amides is 1. The number of nitrogens with zero attached hydrogens (tertiary/aromatic N) is 2. The summed E-state index contributed by atoms with van der Waals surface area (Å²) in [7, 11) is 0. The number of rotatable bonds is 7. The fourth-order valence-electron chi connectivity index (χ4n) is 2.44. The van der Waals surface area contributed by atoms with E-state index in [0.29, 0.717) is 15.8 Å². The van der Waals surface area contributed by atoms with Gasteiger partial charge in [0, 0.05) is 9.50 Å². The minimum absolute atomic E-state index is 0.124. The highest BCUT2D eigenvalue weighted by Crippen LogP contribution is 2.32. The van der Waals surface area contributed by atoms with Crippen LogP contribution < -0.4 is 10.1 Å². The first-order valence-corrected chi connectivity index (χ1v) is 11.4. The SMILES string of the molecule is Cc1cc(Br)c(NC(=O)CSc2nnc([C@H](C)Oc3ccc(Cl)cc3Cl)o2)cc1C. The average molecular weight is 531 g/mol. The van der Waals surface area contributed by atoms with Gasteiger partial charge in [-0.25, -0.2) is 0 Å². The minimum atomic E-state index is -0.522. The Morgan fingerprint density at radius 1 is 1.23 bits per heavy atom. The number of aromatic nitrogens is 2. The molecule has 1 heterocycles. The summed E-state index contributed by atoms with van der Waals surface area (Å²) >= 11 is 16.6. The number of carbonyl (C=O) groups excluding carboxylic acids is 1. The molecule has 158 valence electrons. The number of anilines is 1. The fourth-order valence-corrected chi connectivity index (χ4v) is 4.02. The molecule has 10 heteroatoms. The van der Waals surface area contributed by atoms with Crippen molar-refractivity contribution in [3.8, 4) is 5.75 Å². The predicted molar refractivity (Wildman–Crippen MR) is 123 cm³/mol. The second kappa shape index (κ2) is 10.0. The summed E-state index contributed by atoms with van der Waals surface area (Å²) in [5.74, 6) is 0.681. The molecule has 6 nitrogen and oxygen atoms in total. The molecule has 2 aromatic carbocycles. The van der Waals surface area contributed by atoms with Crippen molar-refractivity contribution >= 4 is 62.5 Å². The molecule has 1 N–H and O–H groups in total. The number of halogens is 3. The molecule has 1 aromatic heterocycles. The zero-order valence-corrected chi connectivity index (χ0v) is 20.2. The summed E-state index contributed by atoms with van der Waals surface area (Å²) in [5, 5.41) is 12.0. The molecule has 0 bridgehead atoms. The van der Waals surface area contributed by atoms with E-state index in [1.807, 2.05) is 26.0 Å². The van der Waals surface area contributed by atoms with Crippen LogP contribution >= 0.6 is 50.9 Å². The Morgan fingerprint density at radius 2 is 1.97 bits per heavy atom. The molecule has 30 heavy (non-hydrogen) atoms. The zero-order valence-electron chi connectivity index (χ0n) is 16.3. The van der Waals surface area contributed by atoms with Crippen LogP contribution in [0, 0.1) is 13.8 Å². The number of nitrogens with one attached hydrogen (secondary N) is 1. The third-order valence-corrected chi connectivity index (χ3v) is 6.16. The molecule has 0 radical (unpaired) electrons. The topological polar surface area (TPSA) is 77.2 Å². The van der Waals surface area contributed by atoms with Gasteiger partial charge in [-0.2, -0.15) is 0 Å². The van der Waals surface area contributed by atoms with Gasteiger partial charge in [0.2, 0.25) is 5.91 Å². The maximum Gasteiger partial charge on any atom is 0.277 e. The van der Waals surface area contributed by atoms with E-state index in [4.69, 9.17) is 32.4 Å². The molecule has 3 aromatic rings. The first-order chi connectivity index (χ1) is 14.2. The van der Waals surface area contributed by atoms with Gasteiger partial charge in [0.1, 0.15) is 5.75 Å². The van der Waals surface area contributed by atoms with Crippen LogP contribution in [0.2, 0.25) is 10.0 Å². The molecule has 0 aliphatic rings. The molecule has 0 saturated heterocycles. The Hall–Kier alpha value is -1.74. The summed E-state index contributed by atoms with van der Waals surface area (Å²) in [4.78, 5) is 12.3. The van der Waals surface area contributed by atoms with E-state index in [0.717, 1.165) is 33.0 Å². The van der Waals surface area contributed by atoms with E-state index in [2.05, 4.69) is 31.4 Å². The molecule has 0 fully saturated rings. The Bertz CT molecular complexity index is 1080. The monoisotopic (exact) mass is 529 g/mol. The van der Waals surface area contributed by atoms with Crippen molar-refractivity contribution in [3.05, 3.63) is 61.9 Å². The Kier molecular flexibility index (Phi) is 7.68. The minimum Gasteiger partial charge on any atom is -0.479 e. The lowest BCUT2D eigenvalue weighted by Gasteiger charge is -2.12. The molecule has 0 unspecified atom stereocenters. The van der Waals surface area contributed by atoms with Crippen molar-refractivity contribution in [2.45, 2.75) is 32.1 Å². The first kappa shape index (κ1) is 22.9. The largest absolute Gasteiger partial charge is 0.479 e. The second-order valence-corrected chi connectivity index (χ2v) is 9.12. The summed E-state index contributed by atoms with van der Waals surface area (Å²) in [6, 6.07) is 8.83. The van der Waals surface area contributed by atoms with Crippen LogP contribution in [-0.4, -0.2) is 21.9 Å². The third kappa shape index (κ3) is 5.91. The summed E-state index contributed by atoms with van der Waals surface area (Å²) in [5.41, 5.74) is 2.96. The lowest BCUT2D eigenvalue weighted by atomic mass is 10.1.